The summed E-state index contributed by atoms with van der Waals surface area (Å²) >= 11 is 0. The maximum Gasteiger partial charge on any atom is 0.337 e. The number of carboxylic acids is 1. The Hall–Kier alpha value is -1.23. The number of carbonyl (C=O) groups is 1. The lowest BCUT2D eigenvalue weighted by Gasteiger charge is -1.97. The molecule has 0 saturated carbocycles. The largest absolute Gasteiger partial charge is 0.478 e. The van der Waals surface area contributed by atoms with Crippen LogP contribution in [0.15, 0.2) is 18.3 Å². The van der Waals surface area contributed by atoms with Crippen molar-refractivity contribution in [3.8, 4) is 0 Å². The summed E-state index contributed by atoms with van der Waals surface area (Å²) in [6.45, 7) is 0. The lowest BCUT2D eigenvalue weighted by Crippen LogP contribution is -1.98. The van der Waals surface area contributed by atoms with E-state index in [-0.39, 0.29) is 18.0 Å². The molecule has 1 aromatic rings. The second-order valence-corrected chi connectivity index (χ2v) is 2.08. The summed E-state index contributed by atoms with van der Waals surface area (Å²) in [6.07, 6.45) is -1.75. The molecule has 0 fully saturated rings. The molecule has 0 radical (unpaired) electrons. The topological polar surface area (TPSA) is 50.2 Å². The molecule has 1 rings (SSSR count). The van der Waals surface area contributed by atoms with Gasteiger partial charge in [0.2, 0.25) is 0 Å². The number of rotatable bonds is 2. The highest BCUT2D eigenvalue weighted by atomic mass is 35.5. The number of carboxylic acid groups (broad SMARTS) is 1. The lowest BCUT2D eigenvalue weighted by molar-refractivity contribution is 0.0695. The summed E-state index contributed by atoms with van der Waals surface area (Å²) in [7, 11) is 0. The molecule has 1 aromatic heterocycles. The zero-order valence-electron chi connectivity index (χ0n) is 6.28. The van der Waals surface area contributed by atoms with Crippen molar-refractivity contribution in [1.29, 1.82) is 0 Å². The van der Waals surface area contributed by atoms with Crippen LogP contribution in [0.4, 0.5) is 8.78 Å². The highest BCUT2D eigenvalue weighted by Crippen LogP contribution is 2.15. The number of hydrogen-bond donors (Lipinski definition) is 1. The molecule has 0 spiro atoms. The Morgan fingerprint density at radius 1 is 1.46 bits per heavy atom. The smallest absolute Gasteiger partial charge is 0.337 e. The Labute approximate surface area is 78.8 Å². The van der Waals surface area contributed by atoms with Crippen molar-refractivity contribution in [3.63, 3.8) is 0 Å². The zero-order chi connectivity index (χ0) is 9.14. The molecule has 0 unspecified atom stereocenters. The van der Waals surface area contributed by atoms with E-state index in [0.29, 0.717) is 0 Å². The van der Waals surface area contributed by atoms with Crippen molar-refractivity contribution >= 4 is 18.4 Å². The van der Waals surface area contributed by atoms with E-state index in [1.165, 1.54) is 0 Å². The van der Waals surface area contributed by atoms with Crippen LogP contribution < -0.4 is 0 Å². The number of halogens is 3. The van der Waals surface area contributed by atoms with Gasteiger partial charge in [-0.2, -0.15) is 0 Å². The first-order valence-corrected chi connectivity index (χ1v) is 3.08. The van der Waals surface area contributed by atoms with E-state index in [4.69, 9.17) is 5.11 Å². The Morgan fingerprint density at radius 2 is 2.08 bits per heavy atom. The third-order valence-electron chi connectivity index (χ3n) is 1.26. The van der Waals surface area contributed by atoms with Gasteiger partial charge in [-0.25, -0.2) is 13.6 Å². The van der Waals surface area contributed by atoms with Gasteiger partial charge >= 0.3 is 5.97 Å². The number of hydrogen-bond acceptors (Lipinski definition) is 2. The fourth-order valence-corrected chi connectivity index (χ4v) is 0.661. The number of aromatic nitrogens is 1. The number of aromatic carboxylic acids is 1. The standard InChI is InChI=1S/C7H5F2NO2.ClH/c8-6(9)5-2-1-4(3-10-5)7(11)12;/h1-3,6H,(H,11,12);1H. The van der Waals surface area contributed by atoms with Crippen molar-refractivity contribution in [2.75, 3.05) is 0 Å². The number of alkyl halides is 2. The van der Waals surface area contributed by atoms with Gasteiger partial charge in [0.05, 0.1) is 5.56 Å². The maximum absolute atomic E-state index is 11.9. The maximum atomic E-state index is 11.9. The van der Waals surface area contributed by atoms with Crippen molar-refractivity contribution < 1.29 is 18.7 Å². The van der Waals surface area contributed by atoms with Crippen LogP contribution in [0.1, 0.15) is 22.5 Å². The Morgan fingerprint density at radius 3 is 2.38 bits per heavy atom. The molecule has 72 valence electrons. The number of nitrogens with zero attached hydrogens (tertiary/aromatic N) is 1. The molecule has 13 heavy (non-hydrogen) atoms. The average Bonchev–Trinajstić information content (AvgIpc) is 2.04. The van der Waals surface area contributed by atoms with Gasteiger partial charge in [-0.05, 0) is 12.1 Å². The number of pyridine rings is 1. The van der Waals surface area contributed by atoms with Crippen LogP contribution in [0, 0.1) is 0 Å². The molecule has 0 aliphatic carbocycles. The predicted molar refractivity (Wildman–Crippen MR) is 43.4 cm³/mol. The first-order valence-electron chi connectivity index (χ1n) is 3.08. The SMILES string of the molecule is Cl.O=C(O)c1ccc(C(F)F)nc1. The first kappa shape index (κ1) is 11.8. The van der Waals surface area contributed by atoms with Gasteiger partial charge in [0.1, 0.15) is 5.69 Å². The Kier molecular flexibility index (Phi) is 4.27. The summed E-state index contributed by atoms with van der Waals surface area (Å²) in [5.41, 5.74) is -0.514. The van der Waals surface area contributed by atoms with Crippen LogP contribution in [0.5, 0.6) is 0 Å². The first-order chi connectivity index (χ1) is 5.61. The van der Waals surface area contributed by atoms with E-state index in [1.54, 1.807) is 0 Å². The Balaban J connectivity index is 0.00000144. The third-order valence-corrected chi connectivity index (χ3v) is 1.26. The summed E-state index contributed by atoms with van der Waals surface area (Å²) in [4.78, 5) is 13.5. The molecule has 0 aliphatic heterocycles. The van der Waals surface area contributed by atoms with Crippen LogP contribution in [-0.2, 0) is 0 Å². The zero-order valence-corrected chi connectivity index (χ0v) is 7.09. The molecule has 0 amide bonds. The van der Waals surface area contributed by atoms with Crippen molar-refractivity contribution in [2.45, 2.75) is 6.43 Å². The van der Waals surface area contributed by atoms with E-state index < -0.39 is 18.1 Å². The summed E-state index contributed by atoms with van der Waals surface area (Å²) in [5, 5.41) is 8.39. The van der Waals surface area contributed by atoms with Crippen LogP contribution in [0.25, 0.3) is 0 Å². The molecule has 1 heterocycles. The van der Waals surface area contributed by atoms with Crippen LogP contribution in [-0.4, -0.2) is 16.1 Å². The minimum absolute atomic E-state index is 0. The fourth-order valence-electron chi connectivity index (χ4n) is 0.661. The van der Waals surface area contributed by atoms with Crippen molar-refractivity contribution in [3.05, 3.63) is 29.6 Å². The molecule has 0 bridgehead atoms. The quantitative estimate of drug-likeness (QED) is 0.812. The van der Waals surface area contributed by atoms with Crippen LogP contribution in [0.3, 0.4) is 0 Å². The lowest BCUT2D eigenvalue weighted by atomic mass is 10.2. The highest BCUT2D eigenvalue weighted by Gasteiger charge is 2.09. The van der Waals surface area contributed by atoms with Gasteiger partial charge in [0.25, 0.3) is 6.43 Å². The molecule has 0 atom stereocenters. The van der Waals surface area contributed by atoms with E-state index in [9.17, 15) is 13.6 Å². The molecule has 6 heteroatoms. The fraction of sp³-hybridized carbons (Fsp3) is 0.143. The molecule has 1 N–H and O–H groups in total. The summed E-state index contributed by atoms with van der Waals surface area (Å²) < 4.78 is 23.8. The molecular formula is C7H6ClF2NO2. The third kappa shape index (κ3) is 2.95. The van der Waals surface area contributed by atoms with Gasteiger partial charge < -0.3 is 5.11 Å². The van der Waals surface area contributed by atoms with E-state index in [2.05, 4.69) is 4.98 Å². The van der Waals surface area contributed by atoms with Crippen LogP contribution >= 0.6 is 12.4 Å². The minimum atomic E-state index is -2.66. The normalized spacial score (nSPS) is 9.46. The van der Waals surface area contributed by atoms with Gasteiger partial charge in [-0.1, -0.05) is 0 Å². The minimum Gasteiger partial charge on any atom is -0.478 e. The molecule has 0 aliphatic rings. The van der Waals surface area contributed by atoms with Crippen molar-refractivity contribution in [1.82, 2.24) is 4.98 Å². The van der Waals surface area contributed by atoms with Gasteiger partial charge in [0, 0.05) is 6.20 Å². The monoisotopic (exact) mass is 209 g/mol. The second-order valence-electron chi connectivity index (χ2n) is 2.08. The molecular weight excluding hydrogens is 204 g/mol. The summed E-state index contributed by atoms with van der Waals surface area (Å²) in [5.74, 6) is -1.18. The van der Waals surface area contributed by atoms with E-state index in [0.717, 1.165) is 18.3 Å². The Bertz CT molecular complexity index is 289. The van der Waals surface area contributed by atoms with E-state index in [1.807, 2.05) is 0 Å². The molecule has 0 aromatic carbocycles. The van der Waals surface area contributed by atoms with Crippen LogP contribution in [0.2, 0.25) is 0 Å². The summed E-state index contributed by atoms with van der Waals surface area (Å²) in [6, 6.07) is 2.09. The predicted octanol–water partition coefficient (Wildman–Crippen LogP) is 2.14. The second kappa shape index (κ2) is 4.71. The van der Waals surface area contributed by atoms with Gasteiger partial charge in [-0.15, -0.1) is 12.4 Å². The van der Waals surface area contributed by atoms with Gasteiger partial charge in [0.15, 0.2) is 0 Å². The van der Waals surface area contributed by atoms with E-state index >= 15 is 0 Å². The molecule has 0 saturated heterocycles. The highest BCUT2D eigenvalue weighted by molar-refractivity contribution is 5.87. The van der Waals surface area contributed by atoms with Crippen molar-refractivity contribution in [2.24, 2.45) is 0 Å². The molecule has 3 nitrogen and oxygen atoms in total. The average molecular weight is 210 g/mol. The van der Waals surface area contributed by atoms with Gasteiger partial charge in [-0.3, -0.25) is 4.98 Å².